The lowest BCUT2D eigenvalue weighted by molar-refractivity contribution is -0.121. The third-order valence-electron chi connectivity index (χ3n) is 2.81. The summed E-state index contributed by atoms with van der Waals surface area (Å²) < 4.78 is 1.77. The number of hydrazone groups is 1. The molecule has 8 heteroatoms. The van der Waals surface area contributed by atoms with Crippen molar-refractivity contribution in [3.05, 3.63) is 26.4 Å². The number of hydrogen-bond acceptors (Lipinski definition) is 5. The van der Waals surface area contributed by atoms with Crippen molar-refractivity contribution in [2.45, 2.75) is 26.2 Å². The minimum absolute atomic E-state index is 0.162. The standard InChI is InChI=1S/C12H18N4O4/c1-4-5-6-9(17)14-13-7-8-10(18)15(2)12(20)16(3)11(8)19/h7,18H,4-6H2,1-3H3,(H,14,17)/b13-7+. The molecule has 0 spiro atoms. The van der Waals surface area contributed by atoms with Gasteiger partial charge in [-0.3, -0.25) is 18.7 Å². The molecular formula is C12H18N4O4. The van der Waals surface area contributed by atoms with Crippen LogP contribution in [0.5, 0.6) is 5.88 Å². The number of unbranched alkanes of at least 4 members (excludes halogenated alkanes) is 1. The Hall–Kier alpha value is -2.38. The Morgan fingerprint density at radius 3 is 2.60 bits per heavy atom. The van der Waals surface area contributed by atoms with E-state index in [1.54, 1.807) is 0 Å². The third kappa shape index (κ3) is 3.34. The van der Waals surface area contributed by atoms with Gasteiger partial charge in [0.1, 0.15) is 5.56 Å². The highest BCUT2D eigenvalue weighted by Gasteiger charge is 2.12. The van der Waals surface area contributed by atoms with Crippen molar-refractivity contribution < 1.29 is 9.90 Å². The summed E-state index contributed by atoms with van der Waals surface area (Å²) in [6, 6.07) is 0. The molecule has 8 nitrogen and oxygen atoms in total. The lowest BCUT2D eigenvalue weighted by Gasteiger charge is -2.06. The molecule has 1 rings (SSSR count). The van der Waals surface area contributed by atoms with Crippen molar-refractivity contribution in [3.8, 4) is 5.88 Å². The summed E-state index contributed by atoms with van der Waals surface area (Å²) in [7, 11) is 2.62. The number of nitrogens with zero attached hydrogens (tertiary/aromatic N) is 3. The van der Waals surface area contributed by atoms with Gasteiger partial charge >= 0.3 is 5.69 Å². The van der Waals surface area contributed by atoms with E-state index < -0.39 is 17.1 Å². The molecule has 110 valence electrons. The molecule has 1 aromatic rings. The molecule has 0 saturated heterocycles. The van der Waals surface area contributed by atoms with Gasteiger partial charge in [0.25, 0.3) is 5.56 Å². The van der Waals surface area contributed by atoms with Gasteiger partial charge in [-0.1, -0.05) is 13.3 Å². The quantitative estimate of drug-likeness (QED) is 0.557. The molecule has 1 aromatic heterocycles. The monoisotopic (exact) mass is 282 g/mol. The van der Waals surface area contributed by atoms with Crippen LogP contribution < -0.4 is 16.7 Å². The fourth-order valence-electron chi connectivity index (χ4n) is 1.53. The molecule has 1 amide bonds. The number of aromatic nitrogens is 2. The fraction of sp³-hybridized carbons (Fsp3) is 0.500. The molecule has 0 bridgehead atoms. The summed E-state index contributed by atoms with van der Waals surface area (Å²) in [6.07, 6.45) is 3.00. The molecule has 20 heavy (non-hydrogen) atoms. The van der Waals surface area contributed by atoms with Gasteiger partial charge in [-0.05, 0) is 6.42 Å². The lowest BCUT2D eigenvalue weighted by Crippen LogP contribution is -2.38. The first-order valence-corrected chi connectivity index (χ1v) is 6.21. The normalized spacial score (nSPS) is 10.9. The molecule has 0 fully saturated rings. The highest BCUT2D eigenvalue weighted by atomic mass is 16.3. The smallest absolute Gasteiger partial charge is 0.333 e. The Labute approximate surface area is 115 Å². The maximum absolute atomic E-state index is 11.8. The van der Waals surface area contributed by atoms with Crippen LogP contribution >= 0.6 is 0 Å². The van der Waals surface area contributed by atoms with Crippen LogP contribution in [0, 0.1) is 0 Å². The highest BCUT2D eigenvalue weighted by Crippen LogP contribution is 2.05. The zero-order chi connectivity index (χ0) is 15.3. The lowest BCUT2D eigenvalue weighted by atomic mass is 10.2. The van der Waals surface area contributed by atoms with Gasteiger partial charge in [-0.15, -0.1) is 0 Å². The predicted molar refractivity (Wildman–Crippen MR) is 73.9 cm³/mol. The van der Waals surface area contributed by atoms with E-state index in [0.717, 1.165) is 28.2 Å². The second kappa shape index (κ2) is 6.69. The Morgan fingerprint density at radius 1 is 1.35 bits per heavy atom. The van der Waals surface area contributed by atoms with Crippen LogP contribution in [0.4, 0.5) is 0 Å². The Morgan fingerprint density at radius 2 is 2.00 bits per heavy atom. The largest absolute Gasteiger partial charge is 0.494 e. The van der Waals surface area contributed by atoms with E-state index >= 15 is 0 Å². The zero-order valence-electron chi connectivity index (χ0n) is 11.7. The molecule has 0 radical (unpaired) electrons. The minimum Gasteiger partial charge on any atom is -0.494 e. The molecule has 0 aromatic carbocycles. The maximum Gasteiger partial charge on any atom is 0.333 e. The van der Waals surface area contributed by atoms with E-state index in [0.29, 0.717) is 6.42 Å². The fourth-order valence-corrected chi connectivity index (χ4v) is 1.53. The first kappa shape index (κ1) is 15.7. The molecule has 1 heterocycles. The topological polar surface area (TPSA) is 106 Å². The van der Waals surface area contributed by atoms with Crippen molar-refractivity contribution in [1.29, 1.82) is 0 Å². The Bertz CT molecular complexity index is 642. The van der Waals surface area contributed by atoms with Gasteiger partial charge in [0.05, 0.1) is 6.21 Å². The molecule has 0 aliphatic rings. The number of aromatic hydroxyl groups is 1. The van der Waals surface area contributed by atoms with Crippen molar-refractivity contribution in [1.82, 2.24) is 14.6 Å². The second-order valence-corrected chi connectivity index (χ2v) is 4.34. The molecular weight excluding hydrogens is 264 g/mol. The summed E-state index contributed by atoms with van der Waals surface area (Å²) in [5.41, 5.74) is 0.771. The molecule has 0 aliphatic carbocycles. The molecule has 0 aliphatic heterocycles. The third-order valence-corrected chi connectivity index (χ3v) is 2.81. The molecule has 0 saturated carbocycles. The average Bonchev–Trinajstić information content (AvgIpc) is 2.44. The summed E-state index contributed by atoms with van der Waals surface area (Å²) in [6.45, 7) is 1.96. The highest BCUT2D eigenvalue weighted by molar-refractivity contribution is 5.84. The van der Waals surface area contributed by atoms with E-state index in [1.165, 1.54) is 14.1 Å². The van der Waals surface area contributed by atoms with E-state index in [-0.39, 0.29) is 11.5 Å². The Kier molecular flexibility index (Phi) is 5.24. The molecule has 2 N–H and O–H groups in total. The number of carbonyl (C=O) groups excluding carboxylic acids is 1. The van der Waals surface area contributed by atoms with Crippen molar-refractivity contribution in [2.24, 2.45) is 19.2 Å². The van der Waals surface area contributed by atoms with Gasteiger partial charge in [0.15, 0.2) is 0 Å². The van der Waals surface area contributed by atoms with Gasteiger partial charge in [-0.2, -0.15) is 5.10 Å². The first-order valence-electron chi connectivity index (χ1n) is 6.21. The number of hydrogen-bond donors (Lipinski definition) is 2. The van der Waals surface area contributed by atoms with Crippen LogP contribution in [0.2, 0.25) is 0 Å². The first-order chi connectivity index (χ1) is 9.40. The van der Waals surface area contributed by atoms with Crippen LogP contribution in [-0.4, -0.2) is 26.4 Å². The van der Waals surface area contributed by atoms with Crippen LogP contribution in [-0.2, 0) is 18.9 Å². The van der Waals surface area contributed by atoms with E-state index in [1.807, 2.05) is 6.92 Å². The van der Waals surface area contributed by atoms with Crippen LogP contribution in [0.25, 0.3) is 0 Å². The summed E-state index contributed by atoms with van der Waals surface area (Å²) in [4.78, 5) is 34.6. The Balaban J connectivity index is 2.97. The second-order valence-electron chi connectivity index (χ2n) is 4.34. The molecule has 0 unspecified atom stereocenters. The minimum atomic E-state index is -0.683. The number of nitrogens with one attached hydrogen (secondary N) is 1. The number of rotatable bonds is 5. The van der Waals surface area contributed by atoms with Crippen LogP contribution in [0.3, 0.4) is 0 Å². The summed E-state index contributed by atoms with van der Waals surface area (Å²) in [5, 5.41) is 13.4. The maximum atomic E-state index is 11.8. The van der Waals surface area contributed by atoms with Crippen LogP contribution in [0.15, 0.2) is 14.7 Å². The molecule has 0 atom stereocenters. The van der Waals surface area contributed by atoms with Crippen molar-refractivity contribution in [2.75, 3.05) is 0 Å². The van der Waals surface area contributed by atoms with Gasteiger partial charge in [-0.25, -0.2) is 10.2 Å². The van der Waals surface area contributed by atoms with E-state index in [2.05, 4.69) is 10.5 Å². The van der Waals surface area contributed by atoms with Crippen molar-refractivity contribution >= 4 is 12.1 Å². The van der Waals surface area contributed by atoms with Gasteiger partial charge in [0, 0.05) is 20.5 Å². The predicted octanol–water partition coefficient (Wildman–Crippen LogP) is -0.570. The van der Waals surface area contributed by atoms with Gasteiger partial charge < -0.3 is 5.11 Å². The summed E-state index contributed by atoms with van der Waals surface area (Å²) >= 11 is 0. The van der Waals surface area contributed by atoms with E-state index in [4.69, 9.17) is 0 Å². The number of carbonyl (C=O) groups is 1. The van der Waals surface area contributed by atoms with E-state index in [9.17, 15) is 19.5 Å². The summed E-state index contributed by atoms with van der Waals surface area (Å²) in [5.74, 6) is -0.770. The number of amides is 1. The zero-order valence-corrected chi connectivity index (χ0v) is 11.7. The SMILES string of the molecule is CCCCC(=O)N/N=C/c1c(O)n(C)c(=O)n(C)c1=O. The van der Waals surface area contributed by atoms with Crippen LogP contribution in [0.1, 0.15) is 31.7 Å². The van der Waals surface area contributed by atoms with Crippen molar-refractivity contribution in [3.63, 3.8) is 0 Å². The van der Waals surface area contributed by atoms with Gasteiger partial charge in [0.2, 0.25) is 11.8 Å². The average molecular weight is 282 g/mol.